The highest BCUT2D eigenvalue weighted by atomic mass is 16.6. The van der Waals surface area contributed by atoms with Crippen LogP contribution in [0.15, 0.2) is 53.7 Å². The Kier molecular flexibility index (Phi) is 5.00. The zero-order chi connectivity index (χ0) is 14.2. The van der Waals surface area contributed by atoms with E-state index in [4.69, 9.17) is 14.3 Å². The molecule has 0 fully saturated rings. The highest BCUT2D eigenvalue weighted by Gasteiger charge is 2.00. The molecule has 0 aromatic heterocycles. The quantitative estimate of drug-likeness (QED) is 0.598. The van der Waals surface area contributed by atoms with Crippen LogP contribution < -0.4 is 9.47 Å². The number of hydrogen-bond donors (Lipinski definition) is 0. The molecule has 0 unspecified atom stereocenters. The minimum Gasteiger partial charge on any atom is -0.497 e. The SMILES string of the molecule is COc1ccc(/[C]=N\OCc2ccccc2OC)cc1. The fourth-order valence-electron chi connectivity index (χ4n) is 1.67. The van der Waals surface area contributed by atoms with E-state index < -0.39 is 0 Å². The molecule has 20 heavy (non-hydrogen) atoms. The third-order valence-corrected chi connectivity index (χ3v) is 2.74. The van der Waals surface area contributed by atoms with Crippen molar-refractivity contribution in [3.8, 4) is 11.5 Å². The van der Waals surface area contributed by atoms with E-state index in [1.165, 1.54) is 0 Å². The average molecular weight is 270 g/mol. The molecule has 0 aliphatic rings. The van der Waals surface area contributed by atoms with Crippen molar-refractivity contribution in [2.24, 2.45) is 5.16 Å². The molecule has 0 saturated carbocycles. The maximum absolute atomic E-state index is 5.23. The summed E-state index contributed by atoms with van der Waals surface area (Å²) in [5, 5.41) is 3.82. The maximum atomic E-state index is 5.23. The van der Waals surface area contributed by atoms with Crippen LogP contribution in [0, 0.1) is 0 Å². The number of para-hydroxylation sites is 1. The van der Waals surface area contributed by atoms with E-state index >= 15 is 0 Å². The van der Waals surface area contributed by atoms with Gasteiger partial charge >= 0.3 is 0 Å². The highest BCUT2D eigenvalue weighted by molar-refractivity contribution is 5.79. The van der Waals surface area contributed by atoms with Crippen molar-refractivity contribution in [1.82, 2.24) is 0 Å². The van der Waals surface area contributed by atoms with Crippen LogP contribution in [-0.4, -0.2) is 20.4 Å². The Labute approximate surface area is 118 Å². The van der Waals surface area contributed by atoms with Gasteiger partial charge in [0.1, 0.15) is 24.3 Å². The summed E-state index contributed by atoms with van der Waals surface area (Å²) in [5.74, 6) is 1.58. The second kappa shape index (κ2) is 7.19. The van der Waals surface area contributed by atoms with Crippen LogP contribution in [0.5, 0.6) is 11.5 Å². The summed E-state index contributed by atoms with van der Waals surface area (Å²) in [5.41, 5.74) is 1.76. The van der Waals surface area contributed by atoms with Gasteiger partial charge in [0.05, 0.1) is 14.2 Å². The van der Waals surface area contributed by atoms with Gasteiger partial charge in [-0.15, -0.1) is 0 Å². The lowest BCUT2D eigenvalue weighted by molar-refractivity contribution is 0.130. The summed E-state index contributed by atoms with van der Waals surface area (Å²) in [4.78, 5) is 5.23. The van der Waals surface area contributed by atoms with Gasteiger partial charge in [-0.2, -0.15) is 0 Å². The topological polar surface area (TPSA) is 40.0 Å². The molecule has 0 amide bonds. The molecular formula is C16H16NO3. The van der Waals surface area contributed by atoms with Gasteiger partial charge in [-0.3, -0.25) is 0 Å². The zero-order valence-electron chi connectivity index (χ0n) is 11.5. The van der Waals surface area contributed by atoms with E-state index in [0.29, 0.717) is 6.61 Å². The largest absolute Gasteiger partial charge is 0.497 e. The number of benzene rings is 2. The van der Waals surface area contributed by atoms with Crippen molar-refractivity contribution in [2.75, 3.05) is 14.2 Å². The van der Waals surface area contributed by atoms with Crippen molar-refractivity contribution in [2.45, 2.75) is 6.61 Å². The van der Waals surface area contributed by atoms with E-state index in [1.807, 2.05) is 48.5 Å². The minimum atomic E-state index is 0.340. The van der Waals surface area contributed by atoms with Gasteiger partial charge in [-0.1, -0.05) is 23.4 Å². The molecule has 0 heterocycles. The Morgan fingerprint density at radius 3 is 2.40 bits per heavy atom. The fraction of sp³-hybridized carbons (Fsp3) is 0.188. The Bertz CT molecular complexity index is 564. The van der Waals surface area contributed by atoms with Gasteiger partial charge < -0.3 is 14.3 Å². The molecule has 103 valence electrons. The van der Waals surface area contributed by atoms with E-state index in [2.05, 4.69) is 11.4 Å². The zero-order valence-corrected chi connectivity index (χ0v) is 11.5. The summed E-state index contributed by atoms with van der Waals surface area (Å²) < 4.78 is 10.3. The monoisotopic (exact) mass is 270 g/mol. The lowest BCUT2D eigenvalue weighted by Crippen LogP contribution is -1.93. The number of ether oxygens (including phenoxy) is 2. The molecule has 0 N–H and O–H groups in total. The molecular weight excluding hydrogens is 254 g/mol. The second-order valence-corrected chi connectivity index (χ2v) is 4.02. The molecule has 0 saturated heterocycles. The fourth-order valence-corrected chi connectivity index (χ4v) is 1.67. The van der Waals surface area contributed by atoms with E-state index in [0.717, 1.165) is 22.6 Å². The first kappa shape index (κ1) is 13.9. The number of methoxy groups -OCH3 is 2. The minimum absolute atomic E-state index is 0.340. The van der Waals surface area contributed by atoms with Gasteiger partial charge in [-0.05, 0) is 30.3 Å². The molecule has 0 bridgehead atoms. The Balaban J connectivity index is 1.90. The van der Waals surface area contributed by atoms with Gasteiger partial charge in [-0.25, -0.2) is 0 Å². The van der Waals surface area contributed by atoms with Crippen molar-refractivity contribution < 1.29 is 14.3 Å². The molecule has 4 nitrogen and oxygen atoms in total. The van der Waals surface area contributed by atoms with Crippen LogP contribution >= 0.6 is 0 Å². The Morgan fingerprint density at radius 2 is 1.70 bits per heavy atom. The van der Waals surface area contributed by atoms with Crippen LogP contribution in [0.1, 0.15) is 11.1 Å². The molecule has 2 aromatic rings. The van der Waals surface area contributed by atoms with Gasteiger partial charge in [0.15, 0.2) is 0 Å². The van der Waals surface area contributed by atoms with E-state index in [-0.39, 0.29) is 0 Å². The van der Waals surface area contributed by atoms with E-state index in [1.54, 1.807) is 14.2 Å². The summed E-state index contributed by atoms with van der Waals surface area (Å²) in [6.07, 6.45) is 2.81. The lowest BCUT2D eigenvalue weighted by Gasteiger charge is -2.06. The van der Waals surface area contributed by atoms with Crippen LogP contribution in [0.25, 0.3) is 0 Å². The molecule has 0 atom stereocenters. The summed E-state index contributed by atoms with van der Waals surface area (Å²) in [6, 6.07) is 15.1. The average Bonchev–Trinajstić information content (AvgIpc) is 2.52. The smallest absolute Gasteiger partial charge is 0.145 e. The summed E-state index contributed by atoms with van der Waals surface area (Å²) in [7, 11) is 3.26. The summed E-state index contributed by atoms with van der Waals surface area (Å²) >= 11 is 0. The van der Waals surface area contributed by atoms with Crippen LogP contribution in [0.2, 0.25) is 0 Å². The predicted octanol–water partition coefficient (Wildman–Crippen LogP) is 3.13. The lowest BCUT2D eigenvalue weighted by atomic mass is 10.2. The third-order valence-electron chi connectivity index (χ3n) is 2.74. The van der Waals surface area contributed by atoms with Crippen LogP contribution in [0.4, 0.5) is 0 Å². The first-order valence-corrected chi connectivity index (χ1v) is 6.17. The molecule has 2 aromatic carbocycles. The summed E-state index contributed by atoms with van der Waals surface area (Å²) in [6.45, 7) is 0.340. The first-order chi connectivity index (χ1) is 9.83. The molecule has 4 heteroatoms. The van der Waals surface area contributed by atoms with Crippen molar-refractivity contribution in [3.63, 3.8) is 0 Å². The number of rotatable bonds is 6. The van der Waals surface area contributed by atoms with Crippen LogP contribution in [-0.2, 0) is 11.4 Å². The van der Waals surface area contributed by atoms with Crippen molar-refractivity contribution >= 4 is 6.21 Å². The first-order valence-electron chi connectivity index (χ1n) is 6.17. The number of hydrogen-bond acceptors (Lipinski definition) is 4. The Hall–Kier alpha value is -2.49. The molecule has 2 rings (SSSR count). The molecule has 1 radical (unpaired) electrons. The van der Waals surface area contributed by atoms with Gasteiger partial charge in [0, 0.05) is 11.1 Å². The maximum Gasteiger partial charge on any atom is 0.145 e. The molecule has 0 aliphatic heterocycles. The van der Waals surface area contributed by atoms with Crippen LogP contribution in [0.3, 0.4) is 0 Å². The predicted molar refractivity (Wildman–Crippen MR) is 77.3 cm³/mol. The second-order valence-electron chi connectivity index (χ2n) is 4.02. The molecule has 0 aliphatic carbocycles. The van der Waals surface area contributed by atoms with Gasteiger partial charge in [0.25, 0.3) is 0 Å². The normalized spacial score (nSPS) is 10.5. The third kappa shape index (κ3) is 3.75. The number of nitrogens with zero attached hydrogens (tertiary/aromatic N) is 1. The van der Waals surface area contributed by atoms with Crippen molar-refractivity contribution in [1.29, 1.82) is 0 Å². The standard InChI is InChI=1S/C16H16NO3/c1-18-15-9-7-13(8-10-15)11-17-20-12-14-5-3-4-6-16(14)19-2/h3-10H,12H2,1-2H3. The van der Waals surface area contributed by atoms with E-state index in [9.17, 15) is 0 Å². The highest BCUT2D eigenvalue weighted by Crippen LogP contribution is 2.18. The van der Waals surface area contributed by atoms with Crippen molar-refractivity contribution in [3.05, 3.63) is 59.7 Å². The Morgan fingerprint density at radius 1 is 0.950 bits per heavy atom. The van der Waals surface area contributed by atoms with Gasteiger partial charge in [0.2, 0.25) is 0 Å². The molecule has 0 spiro atoms.